The summed E-state index contributed by atoms with van der Waals surface area (Å²) in [4.78, 5) is 15.0. The van der Waals surface area contributed by atoms with Crippen molar-refractivity contribution in [1.29, 1.82) is 0 Å². The van der Waals surface area contributed by atoms with E-state index in [0.29, 0.717) is 5.75 Å². The second-order valence-corrected chi connectivity index (χ2v) is 4.76. The molecule has 1 aromatic carbocycles. The van der Waals surface area contributed by atoms with E-state index in [-0.39, 0.29) is 5.69 Å². The topological polar surface area (TPSA) is 58.8 Å². The summed E-state index contributed by atoms with van der Waals surface area (Å²) >= 11 is 0. The van der Waals surface area contributed by atoms with Crippen molar-refractivity contribution in [3.8, 4) is 5.75 Å². The summed E-state index contributed by atoms with van der Waals surface area (Å²) in [5.41, 5.74) is 0.996. The lowest BCUT2D eigenvalue weighted by atomic mass is 10.2. The molecule has 6 nitrogen and oxygen atoms in total. The molecule has 1 fully saturated rings. The maximum absolute atomic E-state index is 10.9. The van der Waals surface area contributed by atoms with Crippen LogP contribution in [0.15, 0.2) is 18.2 Å². The average Bonchev–Trinajstić information content (AvgIpc) is 2.62. The number of anilines is 1. The van der Waals surface area contributed by atoms with Crippen LogP contribution < -0.4 is 9.64 Å². The smallest absolute Gasteiger partial charge is 0.311 e. The normalized spacial score (nSPS) is 17.1. The molecular weight excluding hydrogens is 246 g/mol. The summed E-state index contributed by atoms with van der Waals surface area (Å²) in [6.07, 6.45) is 1.09. The summed E-state index contributed by atoms with van der Waals surface area (Å²) < 4.78 is 5.11. The molecule has 2 rings (SSSR count). The highest BCUT2D eigenvalue weighted by molar-refractivity contribution is 5.59. The predicted octanol–water partition coefficient (Wildman–Crippen LogP) is 1.75. The molecule has 1 heterocycles. The van der Waals surface area contributed by atoms with Crippen molar-refractivity contribution in [3.05, 3.63) is 28.3 Å². The van der Waals surface area contributed by atoms with Gasteiger partial charge in [-0.1, -0.05) is 0 Å². The van der Waals surface area contributed by atoms with E-state index in [1.807, 2.05) is 0 Å². The number of nitrogens with zero attached hydrogens (tertiary/aromatic N) is 3. The molecule has 0 unspecified atom stereocenters. The Morgan fingerprint density at radius 2 is 2.05 bits per heavy atom. The maximum atomic E-state index is 10.9. The zero-order chi connectivity index (χ0) is 13.8. The third-order valence-corrected chi connectivity index (χ3v) is 3.44. The Morgan fingerprint density at radius 1 is 1.26 bits per heavy atom. The first kappa shape index (κ1) is 13.6. The number of ether oxygens (including phenoxy) is 1. The highest BCUT2D eigenvalue weighted by Crippen LogP contribution is 2.31. The highest BCUT2D eigenvalue weighted by atomic mass is 16.6. The molecule has 0 spiro atoms. The number of rotatable bonds is 3. The van der Waals surface area contributed by atoms with Crippen LogP contribution in [0.4, 0.5) is 11.4 Å². The van der Waals surface area contributed by atoms with Crippen molar-refractivity contribution >= 4 is 11.4 Å². The third kappa shape index (κ3) is 3.14. The Bertz CT molecular complexity index is 464. The molecule has 6 heteroatoms. The minimum Gasteiger partial charge on any atom is -0.490 e. The molecule has 1 aromatic rings. The van der Waals surface area contributed by atoms with Crippen LogP contribution in [0.5, 0.6) is 5.75 Å². The quantitative estimate of drug-likeness (QED) is 0.615. The molecule has 0 atom stereocenters. The first-order chi connectivity index (χ1) is 9.11. The molecule has 0 bridgehead atoms. The van der Waals surface area contributed by atoms with Crippen molar-refractivity contribution < 1.29 is 9.66 Å². The van der Waals surface area contributed by atoms with Crippen LogP contribution in [-0.4, -0.2) is 50.2 Å². The van der Waals surface area contributed by atoms with Crippen LogP contribution in [0.25, 0.3) is 0 Å². The van der Waals surface area contributed by atoms with Gasteiger partial charge in [0.25, 0.3) is 0 Å². The molecule has 1 aliphatic rings. The van der Waals surface area contributed by atoms with Crippen molar-refractivity contribution in [1.82, 2.24) is 4.90 Å². The van der Waals surface area contributed by atoms with Gasteiger partial charge in [-0.3, -0.25) is 10.1 Å². The monoisotopic (exact) mass is 265 g/mol. The lowest BCUT2D eigenvalue weighted by Gasteiger charge is -2.23. The summed E-state index contributed by atoms with van der Waals surface area (Å²) in [5, 5.41) is 10.9. The SMILES string of the molecule is COc1cc(N2CCCN(C)CC2)ccc1[N+](=O)[O-]. The summed E-state index contributed by atoms with van der Waals surface area (Å²) in [6.45, 7) is 3.97. The summed E-state index contributed by atoms with van der Waals surface area (Å²) in [7, 11) is 3.57. The van der Waals surface area contributed by atoms with Gasteiger partial charge in [-0.05, 0) is 26.1 Å². The van der Waals surface area contributed by atoms with Gasteiger partial charge in [0.1, 0.15) is 0 Å². The first-order valence-corrected chi connectivity index (χ1v) is 6.37. The van der Waals surface area contributed by atoms with Crippen LogP contribution >= 0.6 is 0 Å². The Morgan fingerprint density at radius 3 is 2.74 bits per heavy atom. The van der Waals surface area contributed by atoms with E-state index in [1.165, 1.54) is 13.2 Å². The van der Waals surface area contributed by atoms with Gasteiger partial charge >= 0.3 is 5.69 Å². The lowest BCUT2D eigenvalue weighted by Crippen LogP contribution is -2.28. The third-order valence-electron chi connectivity index (χ3n) is 3.44. The standard InChI is InChI=1S/C13H19N3O3/c1-14-6-3-7-15(9-8-14)11-4-5-12(16(17)18)13(10-11)19-2/h4-5,10H,3,6-9H2,1-2H3. The molecule has 1 saturated heterocycles. The van der Waals surface area contributed by atoms with E-state index in [4.69, 9.17) is 4.74 Å². The Labute approximate surface area is 112 Å². The lowest BCUT2D eigenvalue weighted by molar-refractivity contribution is -0.385. The number of nitro benzene ring substituents is 1. The van der Waals surface area contributed by atoms with Gasteiger partial charge in [-0.2, -0.15) is 0 Å². The molecule has 104 valence electrons. The van der Waals surface area contributed by atoms with Gasteiger partial charge in [0.15, 0.2) is 5.75 Å². The number of hydrogen-bond acceptors (Lipinski definition) is 5. The molecule has 0 aromatic heterocycles. The minimum absolute atomic E-state index is 0.0122. The fourth-order valence-electron chi connectivity index (χ4n) is 2.32. The van der Waals surface area contributed by atoms with Crippen LogP contribution in [0.2, 0.25) is 0 Å². The Kier molecular flexibility index (Phi) is 4.21. The van der Waals surface area contributed by atoms with E-state index in [0.717, 1.165) is 38.3 Å². The second-order valence-electron chi connectivity index (χ2n) is 4.76. The van der Waals surface area contributed by atoms with Crippen molar-refractivity contribution in [2.75, 3.05) is 45.2 Å². The molecule has 0 N–H and O–H groups in total. The molecule has 0 saturated carbocycles. The fourth-order valence-corrected chi connectivity index (χ4v) is 2.32. The molecule has 0 radical (unpaired) electrons. The first-order valence-electron chi connectivity index (χ1n) is 6.37. The summed E-state index contributed by atoms with van der Waals surface area (Å²) in [5.74, 6) is 0.320. The van der Waals surface area contributed by atoms with Crippen LogP contribution in [0.3, 0.4) is 0 Å². The van der Waals surface area contributed by atoms with E-state index < -0.39 is 4.92 Å². The molecule has 0 aliphatic carbocycles. The Balaban J connectivity index is 2.22. The summed E-state index contributed by atoms with van der Waals surface area (Å²) in [6, 6.07) is 5.07. The van der Waals surface area contributed by atoms with E-state index in [2.05, 4.69) is 16.8 Å². The number of benzene rings is 1. The van der Waals surface area contributed by atoms with Gasteiger partial charge in [0.05, 0.1) is 12.0 Å². The number of likely N-dealkylation sites (N-methyl/N-ethyl adjacent to an activating group) is 1. The van der Waals surface area contributed by atoms with E-state index >= 15 is 0 Å². The zero-order valence-electron chi connectivity index (χ0n) is 11.3. The highest BCUT2D eigenvalue weighted by Gasteiger charge is 2.18. The van der Waals surface area contributed by atoms with E-state index in [9.17, 15) is 10.1 Å². The van der Waals surface area contributed by atoms with Gasteiger partial charge in [-0.25, -0.2) is 0 Å². The molecular formula is C13H19N3O3. The predicted molar refractivity (Wildman–Crippen MR) is 74.0 cm³/mol. The Hall–Kier alpha value is -1.82. The van der Waals surface area contributed by atoms with Crippen LogP contribution in [-0.2, 0) is 0 Å². The zero-order valence-corrected chi connectivity index (χ0v) is 11.3. The van der Waals surface area contributed by atoms with Gasteiger partial charge in [-0.15, -0.1) is 0 Å². The fraction of sp³-hybridized carbons (Fsp3) is 0.538. The van der Waals surface area contributed by atoms with E-state index in [1.54, 1.807) is 12.1 Å². The minimum atomic E-state index is -0.418. The number of nitro groups is 1. The number of hydrogen-bond donors (Lipinski definition) is 0. The van der Waals surface area contributed by atoms with Gasteiger partial charge < -0.3 is 14.5 Å². The largest absolute Gasteiger partial charge is 0.490 e. The van der Waals surface area contributed by atoms with Gasteiger partial charge in [0.2, 0.25) is 0 Å². The van der Waals surface area contributed by atoms with Crippen LogP contribution in [0, 0.1) is 10.1 Å². The van der Waals surface area contributed by atoms with Crippen LogP contribution in [0.1, 0.15) is 6.42 Å². The van der Waals surface area contributed by atoms with Crippen molar-refractivity contribution in [2.24, 2.45) is 0 Å². The van der Waals surface area contributed by atoms with Gasteiger partial charge in [0, 0.05) is 37.5 Å². The van der Waals surface area contributed by atoms with Crippen molar-refractivity contribution in [3.63, 3.8) is 0 Å². The molecule has 19 heavy (non-hydrogen) atoms. The second kappa shape index (κ2) is 5.88. The molecule has 1 aliphatic heterocycles. The maximum Gasteiger partial charge on any atom is 0.311 e. The number of methoxy groups -OCH3 is 1. The van der Waals surface area contributed by atoms with Crippen molar-refractivity contribution in [2.45, 2.75) is 6.42 Å². The molecule has 0 amide bonds. The average molecular weight is 265 g/mol.